The van der Waals surface area contributed by atoms with Crippen LogP contribution < -0.4 is 4.90 Å². The Morgan fingerprint density at radius 3 is 2.33 bits per heavy atom. The van der Waals surface area contributed by atoms with E-state index in [4.69, 9.17) is 9.97 Å². The summed E-state index contributed by atoms with van der Waals surface area (Å²) in [7, 11) is 0. The van der Waals surface area contributed by atoms with Crippen LogP contribution in [0.15, 0.2) is 24.3 Å². The first-order valence-electron chi connectivity index (χ1n) is 11.6. The van der Waals surface area contributed by atoms with Crippen molar-refractivity contribution in [2.45, 2.75) is 65.9 Å². The monoisotopic (exact) mass is 410 g/mol. The second-order valence-corrected chi connectivity index (χ2v) is 8.62. The molecule has 1 aromatic carbocycles. The second kappa shape index (κ2) is 10.9. The lowest BCUT2D eigenvalue weighted by Crippen LogP contribution is -2.49. The molecule has 0 aliphatic carbocycles. The van der Waals surface area contributed by atoms with E-state index in [0.29, 0.717) is 0 Å². The van der Waals surface area contributed by atoms with Crippen molar-refractivity contribution < 1.29 is 5.11 Å². The van der Waals surface area contributed by atoms with Crippen LogP contribution in [0.3, 0.4) is 0 Å². The molecule has 2 heterocycles. The van der Waals surface area contributed by atoms with Crippen LogP contribution in [0.5, 0.6) is 0 Å². The summed E-state index contributed by atoms with van der Waals surface area (Å²) < 4.78 is 0. The third-order valence-electron chi connectivity index (χ3n) is 6.05. The van der Waals surface area contributed by atoms with Crippen molar-refractivity contribution in [3.63, 3.8) is 0 Å². The zero-order chi connectivity index (χ0) is 21.5. The molecule has 1 fully saturated rings. The number of aliphatic hydroxyl groups excluding tert-OH is 1. The first-order valence-corrected chi connectivity index (χ1v) is 11.6. The number of aliphatic hydroxyl groups is 1. The molecule has 0 radical (unpaired) electrons. The van der Waals surface area contributed by atoms with E-state index in [1.807, 2.05) is 6.92 Å². The van der Waals surface area contributed by atoms with Crippen molar-refractivity contribution in [1.82, 2.24) is 14.9 Å². The van der Waals surface area contributed by atoms with Crippen molar-refractivity contribution in [1.29, 1.82) is 0 Å². The average Bonchev–Trinajstić information content (AvgIpc) is 2.75. The number of β-amino-alcohol motifs (C(OH)–C–C–N with tert-alkyl or cyclic N) is 1. The van der Waals surface area contributed by atoms with E-state index in [1.165, 1.54) is 16.7 Å². The molecule has 164 valence electrons. The fourth-order valence-electron chi connectivity index (χ4n) is 4.25. The van der Waals surface area contributed by atoms with Crippen molar-refractivity contribution in [3.05, 3.63) is 52.5 Å². The van der Waals surface area contributed by atoms with Gasteiger partial charge in [0.25, 0.3) is 0 Å². The maximum atomic E-state index is 10.3. The van der Waals surface area contributed by atoms with E-state index in [0.717, 1.165) is 82.2 Å². The fourth-order valence-corrected chi connectivity index (χ4v) is 4.25. The minimum absolute atomic E-state index is 0.207. The van der Waals surface area contributed by atoms with Crippen molar-refractivity contribution >= 4 is 5.82 Å². The summed E-state index contributed by atoms with van der Waals surface area (Å²) in [4.78, 5) is 14.5. The topological polar surface area (TPSA) is 52.5 Å². The fraction of sp³-hybridized carbons (Fsp3) is 0.600. The Kier molecular flexibility index (Phi) is 8.23. The van der Waals surface area contributed by atoms with Gasteiger partial charge in [0.15, 0.2) is 0 Å². The Labute approximate surface area is 182 Å². The van der Waals surface area contributed by atoms with Gasteiger partial charge in [-0.25, -0.2) is 9.97 Å². The molecule has 1 aliphatic rings. The number of aromatic nitrogens is 2. The van der Waals surface area contributed by atoms with Crippen LogP contribution in [0.25, 0.3) is 0 Å². The molecule has 1 unspecified atom stereocenters. The standard InChI is InChI=1S/C25H38N4O/c1-5-7-8-22(30)18-28-13-15-29(16-14-28)25-23(24(6-2)26-20(4)27-25)17-21-11-9-19(3)10-12-21/h9-12,22,30H,5-8,13-18H2,1-4H3. The lowest BCUT2D eigenvalue weighted by atomic mass is 10.0. The van der Waals surface area contributed by atoms with Gasteiger partial charge >= 0.3 is 0 Å². The Bertz CT molecular complexity index is 798. The van der Waals surface area contributed by atoms with E-state index >= 15 is 0 Å². The minimum atomic E-state index is -0.207. The van der Waals surface area contributed by atoms with Gasteiger partial charge in [0.05, 0.1) is 6.10 Å². The quantitative estimate of drug-likeness (QED) is 0.679. The zero-order valence-electron chi connectivity index (χ0n) is 19.2. The molecule has 1 saturated heterocycles. The van der Waals surface area contributed by atoms with Crippen molar-refractivity contribution in [2.24, 2.45) is 0 Å². The molecule has 0 amide bonds. The number of aryl methyl sites for hydroxylation is 3. The van der Waals surface area contributed by atoms with Crippen LogP contribution in [0.1, 0.15) is 61.3 Å². The molecule has 2 aromatic rings. The highest BCUT2D eigenvalue weighted by molar-refractivity contribution is 5.52. The third-order valence-corrected chi connectivity index (χ3v) is 6.05. The van der Waals surface area contributed by atoms with Crippen molar-refractivity contribution in [2.75, 3.05) is 37.6 Å². The van der Waals surface area contributed by atoms with Gasteiger partial charge in [-0.1, -0.05) is 56.5 Å². The van der Waals surface area contributed by atoms with E-state index in [1.54, 1.807) is 0 Å². The zero-order valence-corrected chi connectivity index (χ0v) is 19.2. The molecule has 1 N–H and O–H groups in total. The van der Waals surface area contributed by atoms with E-state index < -0.39 is 0 Å². The van der Waals surface area contributed by atoms with Crippen LogP contribution in [0.4, 0.5) is 5.82 Å². The summed E-state index contributed by atoms with van der Waals surface area (Å²) in [5, 5.41) is 10.3. The van der Waals surface area contributed by atoms with Gasteiger partial charge < -0.3 is 10.0 Å². The molecule has 0 bridgehead atoms. The van der Waals surface area contributed by atoms with Gasteiger partial charge in [-0.15, -0.1) is 0 Å². The van der Waals surface area contributed by atoms with E-state index in [2.05, 4.69) is 54.8 Å². The smallest absolute Gasteiger partial charge is 0.136 e. The predicted molar refractivity (Wildman–Crippen MR) is 124 cm³/mol. The lowest BCUT2D eigenvalue weighted by molar-refractivity contribution is 0.100. The highest BCUT2D eigenvalue weighted by Crippen LogP contribution is 2.26. The van der Waals surface area contributed by atoms with E-state index in [9.17, 15) is 5.11 Å². The number of unbranched alkanes of at least 4 members (excludes halogenated alkanes) is 1. The largest absolute Gasteiger partial charge is 0.392 e. The normalized spacial score (nSPS) is 16.1. The van der Waals surface area contributed by atoms with Gasteiger partial charge in [0.2, 0.25) is 0 Å². The number of rotatable bonds is 9. The number of hydrogen-bond donors (Lipinski definition) is 1. The summed E-state index contributed by atoms with van der Waals surface area (Å²) in [6, 6.07) is 8.79. The third kappa shape index (κ3) is 6.02. The average molecular weight is 411 g/mol. The van der Waals surface area contributed by atoms with Crippen LogP contribution in [0, 0.1) is 13.8 Å². The Morgan fingerprint density at radius 1 is 1.00 bits per heavy atom. The summed E-state index contributed by atoms with van der Waals surface area (Å²) >= 11 is 0. The maximum absolute atomic E-state index is 10.3. The SMILES string of the molecule is CCCCC(O)CN1CCN(c2nc(C)nc(CC)c2Cc2ccc(C)cc2)CC1. The summed E-state index contributed by atoms with van der Waals surface area (Å²) in [5.41, 5.74) is 5.02. The predicted octanol–water partition coefficient (Wildman–Crippen LogP) is 3.92. The molecule has 0 saturated carbocycles. The second-order valence-electron chi connectivity index (χ2n) is 8.62. The van der Waals surface area contributed by atoms with Gasteiger partial charge in [0, 0.05) is 50.4 Å². The minimum Gasteiger partial charge on any atom is -0.392 e. The Hall–Kier alpha value is -1.98. The Morgan fingerprint density at radius 2 is 1.70 bits per heavy atom. The number of hydrogen-bond acceptors (Lipinski definition) is 5. The highest BCUT2D eigenvalue weighted by atomic mass is 16.3. The van der Waals surface area contributed by atoms with Gasteiger partial charge in [-0.2, -0.15) is 0 Å². The lowest BCUT2D eigenvalue weighted by Gasteiger charge is -2.37. The molecule has 3 rings (SSSR count). The van der Waals surface area contributed by atoms with Gasteiger partial charge in [-0.3, -0.25) is 4.90 Å². The number of nitrogens with zero attached hydrogens (tertiary/aromatic N) is 4. The molecule has 5 heteroatoms. The van der Waals surface area contributed by atoms with Crippen LogP contribution in [-0.2, 0) is 12.8 Å². The first-order chi connectivity index (χ1) is 14.5. The first kappa shape index (κ1) is 22.7. The summed E-state index contributed by atoms with van der Waals surface area (Å²) in [6.07, 6.45) is 4.73. The molecule has 1 aromatic heterocycles. The number of piperazine rings is 1. The summed E-state index contributed by atoms with van der Waals surface area (Å²) in [6.45, 7) is 13.1. The number of benzene rings is 1. The summed E-state index contributed by atoms with van der Waals surface area (Å²) in [5.74, 6) is 1.96. The number of anilines is 1. The highest BCUT2D eigenvalue weighted by Gasteiger charge is 2.24. The van der Waals surface area contributed by atoms with Crippen molar-refractivity contribution in [3.8, 4) is 0 Å². The molecular weight excluding hydrogens is 372 g/mol. The van der Waals surface area contributed by atoms with Gasteiger partial charge in [-0.05, 0) is 32.3 Å². The molecular formula is C25H38N4O. The van der Waals surface area contributed by atoms with Gasteiger partial charge in [0.1, 0.15) is 11.6 Å². The Balaban J connectivity index is 1.74. The molecule has 0 spiro atoms. The molecule has 5 nitrogen and oxygen atoms in total. The van der Waals surface area contributed by atoms with Crippen LogP contribution in [0.2, 0.25) is 0 Å². The molecule has 30 heavy (non-hydrogen) atoms. The molecule has 1 aliphatic heterocycles. The van der Waals surface area contributed by atoms with Crippen LogP contribution in [-0.4, -0.2) is 58.8 Å². The van der Waals surface area contributed by atoms with Crippen LogP contribution >= 0.6 is 0 Å². The van der Waals surface area contributed by atoms with E-state index in [-0.39, 0.29) is 6.10 Å². The maximum Gasteiger partial charge on any atom is 0.136 e. The molecule has 1 atom stereocenters.